The van der Waals surface area contributed by atoms with Crippen molar-refractivity contribution in [1.82, 2.24) is 4.98 Å². The van der Waals surface area contributed by atoms with Crippen LogP contribution >= 0.6 is 11.6 Å². The molecule has 0 radical (unpaired) electrons. The van der Waals surface area contributed by atoms with Gasteiger partial charge in [0, 0.05) is 52.3 Å². The number of urea groups is 1. The van der Waals surface area contributed by atoms with E-state index in [4.69, 9.17) is 17.3 Å². The first-order valence-electron chi connectivity index (χ1n) is 11.2. The molecule has 1 aliphatic rings. The average Bonchev–Trinajstić information content (AvgIpc) is 3.25. The molecule has 3 aromatic rings. The molecule has 3 amide bonds. The van der Waals surface area contributed by atoms with Crippen LogP contribution in [0.4, 0.5) is 25.0 Å². The van der Waals surface area contributed by atoms with E-state index in [9.17, 15) is 18.4 Å². The van der Waals surface area contributed by atoms with Gasteiger partial charge in [0.25, 0.3) is 0 Å². The van der Waals surface area contributed by atoms with Crippen molar-refractivity contribution in [3.05, 3.63) is 76.6 Å². The summed E-state index contributed by atoms with van der Waals surface area (Å²) >= 11 is 5.47. The second kappa shape index (κ2) is 12.8. The lowest BCUT2D eigenvalue weighted by Gasteiger charge is -2.20. The number of aromatic nitrogens is 1. The van der Waals surface area contributed by atoms with E-state index in [2.05, 4.69) is 10.3 Å². The molecule has 0 atom stereocenters. The largest absolute Gasteiger partial charge is 0.351 e. The fourth-order valence-electron chi connectivity index (χ4n) is 3.57. The van der Waals surface area contributed by atoms with Gasteiger partial charge in [-0.2, -0.15) is 0 Å². The van der Waals surface area contributed by atoms with E-state index in [-0.39, 0.29) is 22.4 Å². The minimum absolute atomic E-state index is 0.0203. The first-order valence-corrected chi connectivity index (χ1v) is 11.6. The third-order valence-corrected chi connectivity index (χ3v) is 5.44. The van der Waals surface area contributed by atoms with Crippen LogP contribution in [0, 0.1) is 25.5 Å². The van der Waals surface area contributed by atoms with E-state index in [1.165, 1.54) is 12.1 Å². The zero-order valence-electron chi connectivity index (χ0n) is 20.2. The molecule has 9 heteroatoms. The fourth-order valence-corrected chi connectivity index (χ4v) is 3.73. The molecular weight excluding hydrogens is 474 g/mol. The van der Waals surface area contributed by atoms with Crippen molar-refractivity contribution in [3.8, 4) is 11.1 Å². The minimum Gasteiger partial charge on any atom is -0.351 e. The Morgan fingerprint density at radius 1 is 1.11 bits per heavy atom. The van der Waals surface area contributed by atoms with E-state index in [0.29, 0.717) is 29.8 Å². The number of halogens is 3. The van der Waals surface area contributed by atoms with Crippen LogP contribution in [0.1, 0.15) is 37.9 Å². The number of hydrogen-bond donors (Lipinski definition) is 2. The van der Waals surface area contributed by atoms with Gasteiger partial charge in [-0.1, -0.05) is 31.5 Å². The van der Waals surface area contributed by atoms with Crippen LogP contribution in [0.25, 0.3) is 11.1 Å². The zero-order chi connectivity index (χ0) is 26.1. The monoisotopic (exact) mass is 502 g/mol. The van der Waals surface area contributed by atoms with Crippen LogP contribution in [0.15, 0.2) is 48.7 Å². The summed E-state index contributed by atoms with van der Waals surface area (Å²) in [5.74, 6) is -0.813. The number of carbonyl (C=O) groups excluding carboxylic acids is 2. The Bertz CT molecular complexity index is 1200. The normalized spacial score (nSPS) is 12.3. The number of rotatable bonds is 3. The van der Waals surface area contributed by atoms with Crippen LogP contribution < -0.4 is 16.0 Å². The fraction of sp³-hybridized carbons (Fsp3) is 0.269. The molecule has 186 valence electrons. The Hall–Kier alpha value is -3.52. The highest BCUT2D eigenvalue weighted by Gasteiger charge is 2.25. The highest BCUT2D eigenvalue weighted by molar-refractivity contribution is 6.30. The van der Waals surface area contributed by atoms with E-state index in [1.54, 1.807) is 30.2 Å². The summed E-state index contributed by atoms with van der Waals surface area (Å²) in [6.07, 6.45) is 3.08. The number of nitrogens with zero attached hydrogens (tertiary/aromatic N) is 2. The molecule has 0 saturated carbocycles. The van der Waals surface area contributed by atoms with Gasteiger partial charge in [0.1, 0.15) is 11.6 Å². The Labute approximate surface area is 209 Å². The number of aryl methyl sites for hydroxylation is 1. The second-order valence-electron chi connectivity index (χ2n) is 7.47. The van der Waals surface area contributed by atoms with Gasteiger partial charge < -0.3 is 16.0 Å². The SMILES string of the molecule is CC.Cc1ncccc1-c1ccc(N2CCCC2=O)c(C)c1F.NC(=O)Nc1ccc(Cl)cc1F. The number of hydrogen-bond acceptors (Lipinski definition) is 3. The van der Waals surface area contributed by atoms with Crippen molar-refractivity contribution < 1.29 is 18.4 Å². The van der Waals surface area contributed by atoms with Gasteiger partial charge in [0.05, 0.1) is 5.69 Å². The molecular formula is C26H29ClF2N4O2. The molecule has 1 saturated heterocycles. The lowest BCUT2D eigenvalue weighted by atomic mass is 10.00. The summed E-state index contributed by atoms with van der Waals surface area (Å²) in [4.78, 5) is 28.0. The van der Waals surface area contributed by atoms with E-state index in [0.717, 1.165) is 23.7 Å². The molecule has 0 spiro atoms. The minimum atomic E-state index is -0.809. The average molecular weight is 503 g/mol. The predicted molar refractivity (Wildman–Crippen MR) is 137 cm³/mol. The predicted octanol–water partition coefficient (Wildman–Crippen LogP) is 6.63. The lowest BCUT2D eigenvalue weighted by Crippen LogP contribution is -2.24. The van der Waals surface area contributed by atoms with Crippen LogP contribution in [0.5, 0.6) is 0 Å². The van der Waals surface area contributed by atoms with Crippen LogP contribution in [-0.2, 0) is 4.79 Å². The molecule has 35 heavy (non-hydrogen) atoms. The molecule has 0 bridgehead atoms. The highest BCUT2D eigenvalue weighted by atomic mass is 35.5. The number of benzene rings is 2. The number of nitrogens with one attached hydrogen (secondary N) is 1. The molecule has 0 unspecified atom stereocenters. The summed E-state index contributed by atoms with van der Waals surface area (Å²) < 4.78 is 27.6. The maximum Gasteiger partial charge on any atom is 0.316 e. The third kappa shape index (κ3) is 6.99. The molecule has 4 rings (SSSR count). The maximum absolute atomic E-state index is 14.7. The summed E-state index contributed by atoms with van der Waals surface area (Å²) in [6.45, 7) is 8.26. The van der Waals surface area contributed by atoms with Crippen molar-refractivity contribution in [3.63, 3.8) is 0 Å². The molecule has 2 heterocycles. The number of carbonyl (C=O) groups is 2. The van der Waals surface area contributed by atoms with Crippen LogP contribution in [0.2, 0.25) is 5.02 Å². The molecule has 0 aliphatic carbocycles. The van der Waals surface area contributed by atoms with Gasteiger partial charge in [-0.3, -0.25) is 9.78 Å². The van der Waals surface area contributed by atoms with Crippen molar-refractivity contribution in [1.29, 1.82) is 0 Å². The topological polar surface area (TPSA) is 88.3 Å². The van der Waals surface area contributed by atoms with Crippen LogP contribution in [-0.4, -0.2) is 23.5 Å². The Morgan fingerprint density at radius 2 is 1.83 bits per heavy atom. The summed E-state index contributed by atoms with van der Waals surface area (Å²) in [7, 11) is 0. The van der Waals surface area contributed by atoms with Gasteiger partial charge in [-0.05, 0) is 56.7 Å². The first kappa shape index (κ1) is 27.7. The standard InChI is InChI=1S/C17H17FN2O.C7H6ClFN2O.C2H6/c1-11-15(20-10-4-6-16(20)21)8-7-14(17(11)18)13-5-3-9-19-12(13)2;8-4-1-2-6(5(9)3-4)11-7(10)12;1-2/h3,5,7-9H,4,6,10H2,1-2H3;1-3H,(H3,10,11,12);1-2H3. The van der Waals surface area contributed by atoms with Crippen molar-refractivity contribution >= 4 is 34.9 Å². The van der Waals surface area contributed by atoms with Gasteiger partial charge in [-0.15, -0.1) is 0 Å². The molecule has 2 aromatic carbocycles. The summed E-state index contributed by atoms with van der Waals surface area (Å²) in [5.41, 5.74) is 8.12. The van der Waals surface area contributed by atoms with Crippen molar-refractivity contribution in [2.45, 2.75) is 40.5 Å². The highest BCUT2D eigenvalue weighted by Crippen LogP contribution is 2.33. The zero-order valence-corrected chi connectivity index (χ0v) is 20.9. The number of nitrogens with two attached hydrogens (primary N) is 1. The van der Waals surface area contributed by atoms with Gasteiger partial charge >= 0.3 is 6.03 Å². The number of anilines is 2. The van der Waals surface area contributed by atoms with E-state index in [1.807, 2.05) is 32.9 Å². The maximum atomic E-state index is 14.7. The Balaban J connectivity index is 0.000000263. The molecule has 6 nitrogen and oxygen atoms in total. The van der Waals surface area contributed by atoms with Gasteiger partial charge in [0.2, 0.25) is 5.91 Å². The Kier molecular flexibility index (Phi) is 10.1. The second-order valence-corrected chi connectivity index (χ2v) is 7.91. The Morgan fingerprint density at radius 3 is 2.40 bits per heavy atom. The number of pyridine rings is 1. The number of primary amides is 1. The molecule has 1 fully saturated rings. The van der Waals surface area contributed by atoms with Crippen molar-refractivity contribution in [2.75, 3.05) is 16.8 Å². The smallest absolute Gasteiger partial charge is 0.316 e. The summed E-state index contributed by atoms with van der Waals surface area (Å²) in [5, 5.41) is 2.37. The van der Waals surface area contributed by atoms with E-state index < -0.39 is 11.8 Å². The first-order chi connectivity index (χ1) is 16.7. The van der Waals surface area contributed by atoms with Crippen LogP contribution in [0.3, 0.4) is 0 Å². The lowest BCUT2D eigenvalue weighted by molar-refractivity contribution is -0.117. The quantitative estimate of drug-likeness (QED) is 0.421. The molecule has 1 aromatic heterocycles. The van der Waals surface area contributed by atoms with Gasteiger partial charge in [0.15, 0.2) is 0 Å². The molecule has 3 N–H and O–H groups in total. The van der Waals surface area contributed by atoms with Gasteiger partial charge in [-0.25, -0.2) is 13.6 Å². The molecule has 1 aliphatic heterocycles. The number of amides is 3. The third-order valence-electron chi connectivity index (χ3n) is 5.21. The van der Waals surface area contributed by atoms with Crippen molar-refractivity contribution in [2.24, 2.45) is 5.73 Å². The summed E-state index contributed by atoms with van der Waals surface area (Å²) in [6, 6.07) is 10.3. The van der Waals surface area contributed by atoms with E-state index >= 15 is 0 Å².